The first-order chi connectivity index (χ1) is 13.1. The first kappa shape index (κ1) is 25.4. The Morgan fingerprint density at radius 1 is 1.21 bits per heavy atom. The number of nitrogens with one attached hydrogen (secondary N) is 1. The van der Waals surface area contributed by atoms with E-state index in [-0.39, 0.29) is 45.7 Å². The number of sulfonamides is 1. The molecule has 11 heteroatoms. The fraction of sp³-hybridized carbons (Fsp3) is 0.222. The van der Waals surface area contributed by atoms with Gasteiger partial charge in [0.25, 0.3) is 0 Å². The summed E-state index contributed by atoms with van der Waals surface area (Å²) in [5, 5.41) is 17.6. The van der Waals surface area contributed by atoms with E-state index in [1.54, 1.807) is 25.1 Å². The van der Waals surface area contributed by atoms with Crippen LogP contribution in [0.5, 0.6) is 0 Å². The summed E-state index contributed by atoms with van der Waals surface area (Å²) in [5.74, 6) is -1.53. The van der Waals surface area contributed by atoms with Crippen molar-refractivity contribution in [3.05, 3.63) is 52.5 Å². The molecule has 0 aliphatic carbocycles. The van der Waals surface area contributed by atoms with Crippen LogP contribution in [0.25, 0.3) is 0 Å². The average Bonchev–Trinajstić information content (AvgIpc) is 2.62. The zero-order chi connectivity index (χ0) is 21.1. The second-order valence-electron chi connectivity index (χ2n) is 6.01. The molecule has 0 atom stereocenters. The van der Waals surface area contributed by atoms with Crippen LogP contribution >= 0.6 is 11.6 Å². The Bertz CT molecular complexity index is 1030. The number of halogens is 1. The second kappa shape index (κ2) is 10.4. The minimum absolute atomic E-state index is 0. The molecule has 1 N–H and O–H groups in total. The van der Waals surface area contributed by atoms with E-state index in [9.17, 15) is 18.3 Å². The zero-order valence-electron chi connectivity index (χ0n) is 16.8. The van der Waals surface area contributed by atoms with E-state index in [0.29, 0.717) is 10.7 Å². The molecular formula is C18H20ClN4NaO4S. The summed E-state index contributed by atoms with van der Waals surface area (Å²) in [6.45, 7) is 3.49. The largest absolute Gasteiger partial charge is 1.00 e. The fourth-order valence-electron chi connectivity index (χ4n) is 2.37. The minimum atomic E-state index is -3.81. The predicted molar refractivity (Wildman–Crippen MR) is 108 cm³/mol. The van der Waals surface area contributed by atoms with E-state index in [1.807, 2.05) is 6.92 Å². The molecule has 29 heavy (non-hydrogen) atoms. The second-order valence-corrected chi connectivity index (χ2v) is 8.60. The smallest absolute Gasteiger partial charge is 0.545 e. The van der Waals surface area contributed by atoms with Crippen LogP contribution in [0.3, 0.4) is 0 Å². The summed E-state index contributed by atoms with van der Waals surface area (Å²) in [4.78, 5) is 11.5. The zero-order valence-corrected chi connectivity index (χ0v) is 20.4. The summed E-state index contributed by atoms with van der Waals surface area (Å²) in [6.07, 6.45) is 1.46. The number of hydrogen-bond donors (Lipinski definition) is 1. The van der Waals surface area contributed by atoms with E-state index < -0.39 is 16.0 Å². The molecule has 0 fully saturated rings. The van der Waals surface area contributed by atoms with Crippen LogP contribution in [-0.2, 0) is 10.0 Å². The van der Waals surface area contributed by atoms with Gasteiger partial charge in [-0.1, -0.05) is 11.6 Å². The number of carbonyl (C=O) groups excluding carboxylic acids is 1. The SMILES string of the molecule is CC=NN(Nc1ccc(Cl)cc1C)c1ccc(S(=O)(=O)N(C)C)cc1C(=O)[O-].[Na+]. The topological polar surface area (TPSA) is 105 Å². The van der Waals surface area contributed by atoms with Gasteiger partial charge in [0.05, 0.1) is 22.2 Å². The molecule has 0 spiro atoms. The van der Waals surface area contributed by atoms with Crippen LogP contribution in [-0.4, -0.2) is 39.0 Å². The number of benzene rings is 2. The molecular weight excluding hydrogens is 427 g/mol. The third-order valence-corrected chi connectivity index (χ3v) is 5.89. The molecule has 0 unspecified atom stereocenters. The molecule has 2 rings (SSSR count). The van der Waals surface area contributed by atoms with Gasteiger partial charge in [0.1, 0.15) is 0 Å². The number of anilines is 2. The van der Waals surface area contributed by atoms with Crippen LogP contribution in [0.1, 0.15) is 22.8 Å². The number of carboxylic acids is 1. The summed E-state index contributed by atoms with van der Waals surface area (Å²) in [6, 6.07) is 8.85. The first-order valence-electron chi connectivity index (χ1n) is 8.17. The Balaban J connectivity index is 0.00000420. The monoisotopic (exact) mass is 446 g/mol. The van der Waals surface area contributed by atoms with Crippen LogP contribution in [0, 0.1) is 6.92 Å². The molecule has 2 aromatic rings. The van der Waals surface area contributed by atoms with Crippen molar-refractivity contribution in [2.24, 2.45) is 5.10 Å². The molecule has 0 bridgehead atoms. The van der Waals surface area contributed by atoms with Crippen molar-refractivity contribution in [2.75, 3.05) is 24.6 Å². The quantitative estimate of drug-likeness (QED) is 0.336. The molecule has 0 aliphatic rings. The van der Waals surface area contributed by atoms with Crippen LogP contribution in [0.15, 0.2) is 46.4 Å². The van der Waals surface area contributed by atoms with Crippen molar-refractivity contribution in [1.82, 2.24) is 4.31 Å². The Kier molecular flexibility index (Phi) is 9.13. The van der Waals surface area contributed by atoms with Gasteiger partial charge in [0.15, 0.2) is 0 Å². The first-order valence-corrected chi connectivity index (χ1v) is 9.99. The molecule has 0 radical (unpaired) electrons. The van der Waals surface area contributed by atoms with Crippen molar-refractivity contribution in [2.45, 2.75) is 18.7 Å². The summed E-state index contributed by atoms with van der Waals surface area (Å²) in [5.41, 5.74) is 4.24. The van der Waals surface area contributed by atoms with Gasteiger partial charge in [-0.2, -0.15) is 10.2 Å². The number of nitrogens with zero attached hydrogens (tertiary/aromatic N) is 3. The Morgan fingerprint density at radius 3 is 2.38 bits per heavy atom. The number of hydrogen-bond acceptors (Lipinski definition) is 7. The number of aryl methyl sites for hydroxylation is 1. The van der Waals surface area contributed by atoms with E-state index in [2.05, 4.69) is 10.5 Å². The fourth-order valence-corrected chi connectivity index (χ4v) is 3.52. The van der Waals surface area contributed by atoms with Crippen LogP contribution in [0.4, 0.5) is 11.4 Å². The molecule has 0 saturated carbocycles. The van der Waals surface area contributed by atoms with E-state index in [4.69, 9.17) is 11.6 Å². The molecule has 0 amide bonds. The van der Waals surface area contributed by atoms with Gasteiger partial charge >= 0.3 is 29.6 Å². The molecule has 2 aromatic carbocycles. The maximum Gasteiger partial charge on any atom is 1.00 e. The Morgan fingerprint density at radius 2 is 1.86 bits per heavy atom. The molecule has 150 valence electrons. The van der Waals surface area contributed by atoms with Crippen molar-refractivity contribution in [3.8, 4) is 0 Å². The van der Waals surface area contributed by atoms with Gasteiger partial charge in [-0.05, 0) is 55.8 Å². The third-order valence-electron chi connectivity index (χ3n) is 3.84. The maximum atomic E-state index is 12.3. The molecule has 0 aliphatic heterocycles. The number of hydrazine groups is 1. The van der Waals surface area contributed by atoms with Gasteiger partial charge in [0.2, 0.25) is 10.0 Å². The van der Waals surface area contributed by atoms with Gasteiger partial charge in [-0.25, -0.2) is 12.7 Å². The predicted octanol–water partition coefficient (Wildman–Crippen LogP) is -0.895. The van der Waals surface area contributed by atoms with E-state index in [1.165, 1.54) is 37.6 Å². The molecule has 0 heterocycles. The summed E-state index contributed by atoms with van der Waals surface area (Å²) in [7, 11) is -1.08. The summed E-state index contributed by atoms with van der Waals surface area (Å²) < 4.78 is 25.6. The standard InChI is InChI=1S/C18H21ClN4O4S.Na/c1-5-20-23(21-16-8-6-13(19)10-12(16)2)17-9-7-14(11-15(17)18(24)25)28(26,27)22(3)4;/h5-11,21H,1-4H3,(H,24,25);/q;+1/p-1. The van der Waals surface area contributed by atoms with E-state index in [0.717, 1.165) is 15.9 Å². The third kappa shape index (κ3) is 5.94. The van der Waals surface area contributed by atoms with Crippen molar-refractivity contribution >= 4 is 45.2 Å². The van der Waals surface area contributed by atoms with Gasteiger partial charge < -0.3 is 9.90 Å². The maximum absolute atomic E-state index is 12.3. The average molecular weight is 447 g/mol. The molecule has 8 nitrogen and oxygen atoms in total. The Hall–Kier alpha value is -1.62. The van der Waals surface area contributed by atoms with Gasteiger partial charge in [-0.15, -0.1) is 0 Å². The number of hydrazone groups is 1. The number of rotatable bonds is 7. The van der Waals surface area contributed by atoms with Crippen molar-refractivity contribution in [3.63, 3.8) is 0 Å². The molecule has 0 aromatic heterocycles. The minimum Gasteiger partial charge on any atom is -0.545 e. The normalized spacial score (nSPS) is 11.4. The van der Waals surface area contributed by atoms with E-state index >= 15 is 0 Å². The Labute approximate surface area is 197 Å². The van der Waals surface area contributed by atoms with Crippen LogP contribution in [0.2, 0.25) is 5.02 Å². The van der Waals surface area contributed by atoms with Crippen molar-refractivity contribution < 1.29 is 47.9 Å². The van der Waals surface area contributed by atoms with Gasteiger partial charge in [0, 0.05) is 30.9 Å². The van der Waals surface area contributed by atoms with Crippen molar-refractivity contribution in [1.29, 1.82) is 0 Å². The number of carbonyl (C=O) groups is 1. The summed E-state index contributed by atoms with van der Waals surface area (Å²) >= 11 is 5.97. The number of carboxylic acid groups (broad SMARTS) is 1. The molecule has 0 saturated heterocycles. The van der Waals surface area contributed by atoms with Gasteiger partial charge in [-0.3, -0.25) is 5.43 Å². The van der Waals surface area contributed by atoms with Crippen LogP contribution < -0.4 is 45.2 Å². The number of aromatic carboxylic acids is 1.